The van der Waals surface area contributed by atoms with E-state index in [1.807, 2.05) is 6.26 Å². The molecule has 6 aromatic rings. The van der Waals surface area contributed by atoms with Crippen LogP contribution in [0.1, 0.15) is 0 Å². The lowest BCUT2D eigenvalue weighted by molar-refractivity contribution is 0.438. The predicted octanol–water partition coefficient (Wildman–Crippen LogP) is 6.59. The van der Waals surface area contributed by atoms with Crippen molar-refractivity contribution in [2.24, 2.45) is 0 Å². The van der Waals surface area contributed by atoms with E-state index in [2.05, 4.69) is 34.6 Å². The van der Waals surface area contributed by atoms with Crippen molar-refractivity contribution in [3.63, 3.8) is 0 Å². The first-order valence-corrected chi connectivity index (χ1v) is 17.6. The summed E-state index contributed by atoms with van der Waals surface area (Å²) in [7, 11) is -3.69. The van der Waals surface area contributed by atoms with Gasteiger partial charge >= 0.3 is 0 Å². The van der Waals surface area contributed by atoms with Gasteiger partial charge in [0.2, 0.25) is 10.0 Å². The van der Waals surface area contributed by atoms with Gasteiger partial charge in [-0.3, -0.25) is 4.72 Å². The highest BCUT2D eigenvalue weighted by atomic mass is 32.2. The van der Waals surface area contributed by atoms with Gasteiger partial charge in [0, 0.05) is 35.3 Å². The zero-order chi connectivity index (χ0) is 34.6. The SMILES string of the molecule is CSc1ncc2cc(Oc3ccc(F)cc3F)c(N)nc2n1.CSc1ncc2cc(Oc3ccc(F)cc3F)c(NS(C)(=O)=O)nc2n1. The minimum Gasteiger partial charge on any atom is -0.450 e. The maximum absolute atomic E-state index is 13.9. The molecule has 3 N–H and O–H groups in total. The van der Waals surface area contributed by atoms with Crippen LogP contribution in [0, 0.1) is 23.3 Å². The molecule has 0 aliphatic rings. The van der Waals surface area contributed by atoms with Crippen LogP contribution >= 0.6 is 23.5 Å². The first-order chi connectivity index (χ1) is 22.8. The van der Waals surface area contributed by atoms with Gasteiger partial charge < -0.3 is 15.2 Å². The largest absolute Gasteiger partial charge is 0.450 e. The molecule has 12 nitrogen and oxygen atoms in total. The molecule has 0 saturated heterocycles. The molecular formula is C29H22F4N8O4S3. The number of ether oxygens (including phenoxy) is 2. The number of nitrogens with two attached hydrogens (primary N) is 1. The third-order valence-corrected chi connectivity index (χ3v) is 7.61. The molecule has 0 bridgehead atoms. The smallest absolute Gasteiger partial charge is 0.231 e. The lowest BCUT2D eigenvalue weighted by atomic mass is 10.3. The van der Waals surface area contributed by atoms with Crippen LogP contribution in [0.3, 0.4) is 0 Å². The number of nitrogens with zero attached hydrogens (tertiary/aromatic N) is 6. The van der Waals surface area contributed by atoms with Gasteiger partial charge in [0.05, 0.1) is 6.26 Å². The molecule has 6 rings (SSSR count). The van der Waals surface area contributed by atoms with E-state index < -0.39 is 33.3 Å². The normalized spacial score (nSPS) is 11.2. The van der Waals surface area contributed by atoms with Crippen LogP contribution in [0.25, 0.3) is 22.1 Å². The van der Waals surface area contributed by atoms with E-state index in [4.69, 9.17) is 15.2 Å². The Kier molecular flexibility index (Phi) is 10.3. The molecule has 4 heterocycles. The van der Waals surface area contributed by atoms with Crippen molar-refractivity contribution < 1.29 is 35.5 Å². The molecule has 48 heavy (non-hydrogen) atoms. The number of fused-ring (bicyclic) bond motifs is 2. The molecule has 19 heteroatoms. The van der Waals surface area contributed by atoms with E-state index >= 15 is 0 Å². The number of pyridine rings is 2. The number of halogens is 4. The highest BCUT2D eigenvalue weighted by Crippen LogP contribution is 2.34. The van der Waals surface area contributed by atoms with Gasteiger partial charge in [0.1, 0.15) is 11.6 Å². The molecule has 4 aromatic heterocycles. The quantitative estimate of drug-likeness (QED) is 0.0984. The van der Waals surface area contributed by atoms with Gasteiger partial charge in [-0.2, -0.15) is 0 Å². The van der Waals surface area contributed by atoms with Crippen molar-refractivity contribution >= 4 is 67.2 Å². The fourth-order valence-electron chi connectivity index (χ4n) is 3.83. The van der Waals surface area contributed by atoms with Crippen LogP contribution in [0.5, 0.6) is 23.0 Å². The molecule has 0 radical (unpaired) electrons. The fraction of sp³-hybridized carbons (Fsp3) is 0.103. The zero-order valence-corrected chi connectivity index (χ0v) is 27.4. The molecule has 0 aliphatic carbocycles. The molecule has 248 valence electrons. The van der Waals surface area contributed by atoms with Crippen molar-refractivity contribution in [3.8, 4) is 23.0 Å². The number of rotatable bonds is 8. The number of benzene rings is 2. The Balaban J connectivity index is 0.000000190. The summed E-state index contributed by atoms with van der Waals surface area (Å²) in [5, 5.41) is 2.08. The summed E-state index contributed by atoms with van der Waals surface area (Å²) < 4.78 is 89.6. The monoisotopic (exact) mass is 718 g/mol. The van der Waals surface area contributed by atoms with Crippen LogP contribution < -0.4 is 19.9 Å². The summed E-state index contributed by atoms with van der Waals surface area (Å²) >= 11 is 2.68. The summed E-state index contributed by atoms with van der Waals surface area (Å²) in [5.41, 5.74) is 6.46. The number of aromatic nitrogens is 6. The lowest BCUT2D eigenvalue weighted by Crippen LogP contribution is -2.12. The van der Waals surface area contributed by atoms with E-state index in [0.717, 1.165) is 30.5 Å². The summed E-state index contributed by atoms with van der Waals surface area (Å²) in [4.78, 5) is 24.9. The van der Waals surface area contributed by atoms with Crippen LogP contribution in [-0.2, 0) is 10.0 Å². The van der Waals surface area contributed by atoms with Crippen LogP contribution in [-0.4, -0.2) is 57.1 Å². The molecule has 2 aromatic carbocycles. The Morgan fingerprint density at radius 3 is 1.65 bits per heavy atom. The predicted molar refractivity (Wildman–Crippen MR) is 174 cm³/mol. The van der Waals surface area contributed by atoms with Gasteiger partial charge in [-0.25, -0.2) is 55.9 Å². The zero-order valence-electron chi connectivity index (χ0n) is 24.9. The van der Waals surface area contributed by atoms with Gasteiger partial charge in [0.25, 0.3) is 0 Å². The van der Waals surface area contributed by atoms with Gasteiger partial charge in [-0.1, -0.05) is 23.5 Å². The third-order valence-electron chi connectivity index (χ3n) is 5.93. The van der Waals surface area contributed by atoms with Crippen LogP contribution in [0.15, 0.2) is 71.2 Å². The van der Waals surface area contributed by atoms with E-state index in [0.29, 0.717) is 32.8 Å². The number of sulfonamides is 1. The third kappa shape index (κ3) is 8.47. The average molecular weight is 719 g/mol. The molecule has 0 unspecified atom stereocenters. The molecule has 0 spiro atoms. The fourth-order valence-corrected chi connectivity index (χ4v) is 5.00. The van der Waals surface area contributed by atoms with Gasteiger partial charge in [0.15, 0.2) is 67.9 Å². The number of nitrogens with one attached hydrogen (secondary N) is 1. The second-order valence-electron chi connectivity index (χ2n) is 9.47. The summed E-state index contributed by atoms with van der Waals surface area (Å²) in [6, 6.07) is 8.75. The highest BCUT2D eigenvalue weighted by Gasteiger charge is 2.17. The summed E-state index contributed by atoms with van der Waals surface area (Å²) in [6.45, 7) is 0. The van der Waals surface area contributed by atoms with Crippen molar-refractivity contribution in [2.45, 2.75) is 10.3 Å². The Morgan fingerprint density at radius 1 is 0.688 bits per heavy atom. The van der Waals surface area contributed by atoms with E-state index in [9.17, 15) is 26.0 Å². The lowest BCUT2D eigenvalue weighted by Gasteiger charge is -2.13. The second kappa shape index (κ2) is 14.4. The number of thioether (sulfide) groups is 2. The first-order valence-electron chi connectivity index (χ1n) is 13.2. The van der Waals surface area contributed by atoms with E-state index in [1.165, 1.54) is 41.9 Å². The molecule has 0 atom stereocenters. The number of nitrogen functional groups attached to an aromatic ring is 1. The number of hydrogen-bond acceptors (Lipinski definition) is 13. The molecule has 0 fully saturated rings. The summed E-state index contributed by atoms with van der Waals surface area (Å²) in [5.74, 6) is -3.69. The average Bonchev–Trinajstić information content (AvgIpc) is 3.03. The Bertz CT molecular complexity index is 2270. The highest BCUT2D eigenvalue weighted by molar-refractivity contribution is 7.98. The maximum atomic E-state index is 13.9. The van der Waals surface area contributed by atoms with Crippen molar-refractivity contribution in [3.05, 3.63) is 84.2 Å². The second-order valence-corrected chi connectivity index (χ2v) is 12.8. The van der Waals surface area contributed by atoms with Crippen LogP contribution in [0.2, 0.25) is 0 Å². The van der Waals surface area contributed by atoms with Crippen molar-refractivity contribution in [2.75, 3.05) is 29.2 Å². The minimum atomic E-state index is -3.69. The maximum Gasteiger partial charge on any atom is 0.231 e. The molecule has 0 saturated carbocycles. The topological polar surface area (TPSA) is 168 Å². The minimum absolute atomic E-state index is 0.0574. The standard InChI is InChI=1S/C15H12F2N4O3S2.C14H10F2N4OS/c1-25-15-18-7-8-5-12(24-11-4-3-9(16)6-10(11)17)14(19-13(8)20-15)21-26(2,22)23;1-22-14-18-6-7-4-11(12(17)19-13(7)20-14)21-10-3-2-8(15)5-9(10)16/h3-7H,1-2H3,(H,18,19,20,21);2-6H,1H3,(H2,17,18,19,20). The molecule has 0 aliphatic heterocycles. The van der Waals surface area contributed by atoms with Crippen LogP contribution in [0.4, 0.5) is 29.2 Å². The van der Waals surface area contributed by atoms with E-state index in [1.54, 1.807) is 18.5 Å². The summed E-state index contributed by atoms with van der Waals surface area (Å²) in [6.07, 6.45) is 7.63. The Labute approximate surface area is 278 Å². The molecule has 0 amide bonds. The van der Waals surface area contributed by atoms with Crippen molar-refractivity contribution in [1.82, 2.24) is 29.9 Å². The van der Waals surface area contributed by atoms with Crippen molar-refractivity contribution in [1.29, 1.82) is 0 Å². The van der Waals surface area contributed by atoms with Gasteiger partial charge in [-0.05, 0) is 48.9 Å². The first kappa shape index (κ1) is 34.3. The van der Waals surface area contributed by atoms with Gasteiger partial charge in [-0.15, -0.1) is 0 Å². The molecular weight excluding hydrogens is 697 g/mol. The number of hydrogen-bond donors (Lipinski definition) is 2. The Hall–Kier alpha value is -5.01. The van der Waals surface area contributed by atoms with E-state index in [-0.39, 0.29) is 40.3 Å². The number of anilines is 2. The Morgan fingerprint density at radius 2 is 1.17 bits per heavy atom.